The molecular weight excluding hydrogens is 378 g/mol. The Labute approximate surface area is 176 Å². The van der Waals surface area contributed by atoms with Crippen LogP contribution in [0, 0.1) is 0 Å². The normalized spacial score (nSPS) is 24.0. The molecule has 0 saturated carbocycles. The second kappa shape index (κ2) is 7.68. The van der Waals surface area contributed by atoms with E-state index in [1.165, 1.54) is 19.3 Å². The van der Waals surface area contributed by atoms with Gasteiger partial charge in [0.15, 0.2) is 0 Å². The second-order valence-corrected chi connectivity index (χ2v) is 8.50. The standard InChI is InChI=1S/C22H27N7O/c1-28-16-4-3-5-17(28)10-18(9-16)29(2)22-23-13-20(26-27-22)19-7-6-14(8-21(19)30)15-11-24-25-12-15/h6-8,11-13,16-18,30H,3-5,9-10H2,1-2H3,(H,24,25)/t16-,17+,18?. The molecule has 0 aliphatic carbocycles. The molecule has 30 heavy (non-hydrogen) atoms. The third-order valence-corrected chi connectivity index (χ3v) is 6.83. The molecule has 1 unspecified atom stereocenters. The maximum atomic E-state index is 10.5. The van der Waals surface area contributed by atoms with E-state index in [1.54, 1.807) is 24.7 Å². The molecule has 1 aromatic carbocycles. The third kappa shape index (κ3) is 3.41. The number of aromatic nitrogens is 5. The molecule has 4 heterocycles. The van der Waals surface area contributed by atoms with Crippen LogP contribution < -0.4 is 4.90 Å². The molecule has 156 valence electrons. The molecular formula is C22H27N7O. The van der Waals surface area contributed by atoms with E-state index in [1.807, 2.05) is 12.1 Å². The quantitative estimate of drug-likeness (QED) is 0.689. The Morgan fingerprint density at radius 3 is 2.53 bits per heavy atom. The zero-order valence-electron chi connectivity index (χ0n) is 17.4. The summed E-state index contributed by atoms with van der Waals surface area (Å²) in [5.41, 5.74) is 2.98. The Morgan fingerprint density at radius 2 is 1.90 bits per heavy atom. The summed E-state index contributed by atoms with van der Waals surface area (Å²) in [4.78, 5) is 9.31. The van der Waals surface area contributed by atoms with Crippen molar-refractivity contribution in [2.45, 2.75) is 50.2 Å². The molecule has 3 atom stereocenters. The SMILES string of the molecule is CN(c1ncc(-c2ccc(-c3cn[nH]c3)cc2O)nn1)C1C[C@H]2CCC[C@@H](C1)N2C. The number of rotatable bonds is 4. The largest absolute Gasteiger partial charge is 0.507 e. The number of aromatic amines is 1. The molecule has 8 nitrogen and oxygen atoms in total. The monoisotopic (exact) mass is 405 g/mol. The zero-order chi connectivity index (χ0) is 20.7. The molecule has 8 heteroatoms. The molecule has 2 saturated heterocycles. The van der Waals surface area contributed by atoms with Crippen molar-refractivity contribution in [2.75, 3.05) is 19.0 Å². The topological polar surface area (TPSA) is 94.1 Å². The van der Waals surface area contributed by atoms with E-state index in [0.717, 1.165) is 24.0 Å². The van der Waals surface area contributed by atoms with Crippen LogP contribution in [0.3, 0.4) is 0 Å². The van der Waals surface area contributed by atoms with Crippen LogP contribution in [0.25, 0.3) is 22.4 Å². The highest BCUT2D eigenvalue weighted by Crippen LogP contribution is 2.35. The van der Waals surface area contributed by atoms with Gasteiger partial charge in [-0.2, -0.15) is 5.10 Å². The third-order valence-electron chi connectivity index (χ3n) is 6.83. The Bertz CT molecular complexity index is 991. The molecule has 2 N–H and O–H groups in total. The molecule has 0 radical (unpaired) electrons. The van der Waals surface area contributed by atoms with Gasteiger partial charge in [0.1, 0.15) is 11.4 Å². The number of piperidine rings is 2. The van der Waals surface area contributed by atoms with Gasteiger partial charge in [0.05, 0.1) is 12.4 Å². The first-order valence-electron chi connectivity index (χ1n) is 10.6. The Morgan fingerprint density at radius 1 is 1.10 bits per heavy atom. The van der Waals surface area contributed by atoms with Gasteiger partial charge < -0.3 is 14.9 Å². The van der Waals surface area contributed by atoms with Gasteiger partial charge in [0.2, 0.25) is 5.95 Å². The van der Waals surface area contributed by atoms with Crippen molar-refractivity contribution >= 4 is 5.95 Å². The van der Waals surface area contributed by atoms with Crippen LogP contribution in [0.5, 0.6) is 5.75 Å². The van der Waals surface area contributed by atoms with Gasteiger partial charge in [0.25, 0.3) is 0 Å². The lowest BCUT2D eigenvalue weighted by atomic mass is 9.82. The van der Waals surface area contributed by atoms with Crippen molar-refractivity contribution in [1.82, 2.24) is 30.3 Å². The average molecular weight is 406 g/mol. The van der Waals surface area contributed by atoms with E-state index >= 15 is 0 Å². The number of phenols is 1. The van der Waals surface area contributed by atoms with Gasteiger partial charge >= 0.3 is 0 Å². The number of nitrogens with one attached hydrogen (secondary N) is 1. The van der Waals surface area contributed by atoms with Crippen LogP contribution in [0.1, 0.15) is 32.1 Å². The van der Waals surface area contributed by atoms with Gasteiger partial charge in [-0.3, -0.25) is 5.10 Å². The zero-order valence-corrected chi connectivity index (χ0v) is 17.4. The van der Waals surface area contributed by atoms with Crippen molar-refractivity contribution in [3.63, 3.8) is 0 Å². The predicted molar refractivity (Wildman–Crippen MR) is 115 cm³/mol. The first-order valence-corrected chi connectivity index (χ1v) is 10.6. The lowest BCUT2D eigenvalue weighted by Gasteiger charge is -2.49. The predicted octanol–water partition coefficient (Wildman–Crippen LogP) is 3.09. The number of anilines is 1. The molecule has 2 fully saturated rings. The van der Waals surface area contributed by atoms with Crippen LogP contribution in [-0.2, 0) is 0 Å². The minimum absolute atomic E-state index is 0.147. The van der Waals surface area contributed by atoms with Gasteiger partial charge in [-0.1, -0.05) is 12.5 Å². The summed E-state index contributed by atoms with van der Waals surface area (Å²) in [6, 6.07) is 7.22. The highest BCUT2D eigenvalue weighted by atomic mass is 16.3. The van der Waals surface area contributed by atoms with Crippen LogP contribution in [0.2, 0.25) is 0 Å². The number of fused-ring (bicyclic) bond motifs is 2. The first kappa shape index (κ1) is 19.0. The summed E-state index contributed by atoms with van der Waals surface area (Å²) < 4.78 is 0. The van der Waals surface area contributed by atoms with Crippen LogP contribution in [-0.4, -0.2) is 67.6 Å². The minimum Gasteiger partial charge on any atom is -0.507 e. The van der Waals surface area contributed by atoms with Gasteiger partial charge in [-0.05, 0) is 50.4 Å². The summed E-state index contributed by atoms with van der Waals surface area (Å²) in [7, 11) is 4.33. The highest BCUT2D eigenvalue weighted by Gasteiger charge is 2.38. The molecule has 0 amide bonds. The minimum atomic E-state index is 0.147. The molecule has 2 bridgehead atoms. The summed E-state index contributed by atoms with van der Waals surface area (Å²) in [5.74, 6) is 0.787. The van der Waals surface area contributed by atoms with E-state index in [2.05, 4.69) is 49.3 Å². The fraction of sp³-hybridized carbons (Fsp3) is 0.455. The number of phenolic OH excluding ortho intramolecular Hbond substituents is 1. The Kier molecular flexibility index (Phi) is 4.86. The number of nitrogens with zero attached hydrogens (tertiary/aromatic N) is 6. The molecule has 0 spiro atoms. The van der Waals surface area contributed by atoms with Crippen molar-refractivity contribution in [1.29, 1.82) is 0 Å². The van der Waals surface area contributed by atoms with Crippen LogP contribution in [0.15, 0.2) is 36.8 Å². The van der Waals surface area contributed by atoms with E-state index in [-0.39, 0.29) is 5.75 Å². The highest BCUT2D eigenvalue weighted by molar-refractivity contribution is 5.73. The molecule has 3 aromatic rings. The fourth-order valence-electron chi connectivity index (χ4n) is 4.96. The van der Waals surface area contributed by atoms with E-state index < -0.39 is 0 Å². The smallest absolute Gasteiger partial charge is 0.245 e. The number of hydrogen-bond donors (Lipinski definition) is 2. The lowest BCUT2D eigenvalue weighted by molar-refractivity contribution is 0.0556. The van der Waals surface area contributed by atoms with Gasteiger partial charge in [0, 0.05) is 42.5 Å². The molecule has 2 aromatic heterocycles. The number of aromatic hydroxyl groups is 1. The van der Waals surface area contributed by atoms with Crippen LogP contribution >= 0.6 is 0 Å². The second-order valence-electron chi connectivity index (χ2n) is 8.50. The maximum absolute atomic E-state index is 10.5. The van der Waals surface area contributed by atoms with Crippen LogP contribution in [0.4, 0.5) is 5.95 Å². The lowest BCUT2D eigenvalue weighted by Crippen LogP contribution is -2.55. The Balaban J connectivity index is 1.33. The average Bonchev–Trinajstić information content (AvgIpc) is 3.28. The summed E-state index contributed by atoms with van der Waals surface area (Å²) in [5, 5.41) is 26.0. The van der Waals surface area contributed by atoms with Crippen molar-refractivity contribution in [2.24, 2.45) is 0 Å². The number of benzene rings is 1. The van der Waals surface area contributed by atoms with Crippen molar-refractivity contribution in [3.05, 3.63) is 36.8 Å². The summed E-state index contributed by atoms with van der Waals surface area (Å²) in [6.45, 7) is 0. The number of hydrogen-bond acceptors (Lipinski definition) is 7. The first-order chi connectivity index (χ1) is 14.6. The molecule has 2 aliphatic rings. The summed E-state index contributed by atoms with van der Waals surface area (Å²) in [6.07, 6.45) is 11.4. The Hall–Kier alpha value is -3.00. The van der Waals surface area contributed by atoms with E-state index in [9.17, 15) is 5.11 Å². The van der Waals surface area contributed by atoms with Gasteiger partial charge in [-0.25, -0.2) is 4.98 Å². The molecule has 2 aliphatic heterocycles. The van der Waals surface area contributed by atoms with E-state index in [4.69, 9.17) is 0 Å². The maximum Gasteiger partial charge on any atom is 0.245 e. The fourth-order valence-corrected chi connectivity index (χ4v) is 4.96. The van der Waals surface area contributed by atoms with Crippen molar-refractivity contribution < 1.29 is 5.11 Å². The van der Waals surface area contributed by atoms with E-state index in [0.29, 0.717) is 35.3 Å². The van der Waals surface area contributed by atoms with Crippen molar-refractivity contribution in [3.8, 4) is 28.1 Å². The number of H-pyrrole nitrogens is 1. The summed E-state index contributed by atoms with van der Waals surface area (Å²) >= 11 is 0. The molecule has 5 rings (SSSR count). The van der Waals surface area contributed by atoms with Gasteiger partial charge in [-0.15, -0.1) is 10.2 Å².